The summed E-state index contributed by atoms with van der Waals surface area (Å²) in [5.74, 6) is -1.33. The van der Waals surface area contributed by atoms with E-state index in [1.165, 1.54) is 7.11 Å². The van der Waals surface area contributed by atoms with Crippen molar-refractivity contribution in [3.8, 4) is 5.69 Å². The number of rotatable bonds is 5. The van der Waals surface area contributed by atoms with Crippen molar-refractivity contribution < 1.29 is 19.4 Å². The highest BCUT2D eigenvalue weighted by molar-refractivity contribution is 5.92. The molecule has 0 aliphatic carbocycles. The lowest BCUT2D eigenvalue weighted by Crippen LogP contribution is -2.06. The standard InChI is InChI=1S/C24H24N2O4/c1-14-11-18(24(29)30-5)9-10-22(14)26-15(2)12-19(17(26)4)13-25-21-8-6-7-20(16(21)3)23(27)28/h6-13H,1-5H3,(H,27,28). The lowest BCUT2D eigenvalue weighted by Gasteiger charge is -2.13. The third kappa shape index (κ3) is 3.89. The number of benzene rings is 2. The molecule has 154 valence electrons. The van der Waals surface area contributed by atoms with Crippen LogP contribution in [0.4, 0.5) is 5.69 Å². The molecule has 2 aromatic carbocycles. The first-order valence-corrected chi connectivity index (χ1v) is 9.49. The molecule has 0 saturated heterocycles. The van der Waals surface area contributed by atoms with Crippen molar-refractivity contribution in [3.05, 3.63) is 81.7 Å². The summed E-state index contributed by atoms with van der Waals surface area (Å²) in [5.41, 5.74) is 6.89. The molecule has 0 spiro atoms. The van der Waals surface area contributed by atoms with Crippen LogP contribution in [0.25, 0.3) is 5.69 Å². The monoisotopic (exact) mass is 404 g/mol. The van der Waals surface area contributed by atoms with Crippen molar-refractivity contribution in [2.75, 3.05) is 7.11 Å². The number of carbonyl (C=O) groups excluding carboxylic acids is 1. The molecule has 0 bridgehead atoms. The van der Waals surface area contributed by atoms with E-state index in [0.717, 1.165) is 28.2 Å². The second kappa shape index (κ2) is 8.37. The predicted molar refractivity (Wildman–Crippen MR) is 117 cm³/mol. The first-order chi connectivity index (χ1) is 14.2. The summed E-state index contributed by atoms with van der Waals surface area (Å²) >= 11 is 0. The molecule has 3 aromatic rings. The van der Waals surface area contributed by atoms with E-state index in [1.54, 1.807) is 37.4 Å². The Labute approximate surface area is 175 Å². The molecule has 6 nitrogen and oxygen atoms in total. The van der Waals surface area contributed by atoms with Crippen LogP contribution < -0.4 is 0 Å². The van der Waals surface area contributed by atoms with Gasteiger partial charge in [0.1, 0.15) is 0 Å². The van der Waals surface area contributed by atoms with E-state index in [-0.39, 0.29) is 11.5 Å². The van der Waals surface area contributed by atoms with Gasteiger partial charge in [-0.15, -0.1) is 0 Å². The van der Waals surface area contributed by atoms with Crippen LogP contribution in [0.1, 0.15) is 48.8 Å². The summed E-state index contributed by atoms with van der Waals surface area (Å²) in [6, 6.07) is 12.6. The van der Waals surface area contributed by atoms with Gasteiger partial charge >= 0.3 is 11.9 Å². The zero-order chi connectivity index (χ0) is 22.0. The number of carboxylic acid groups (broad SMARTS) is 1. The van der Waals surface area contributed by atoms with Crippen molar-refractivity contribution in [2.45, 2.75) is 27.7 Å². The maximum absolute atomic E-state index is 11.8. The zero-order valence-corrected chi connectivity index (χ0v) is 17.7. The molecule has 3 rings (SSSR count). The molecule has 0 aliphatic rings. The highest BCUT2D eigenvalue weighted by Crippen LogP contribution is 2.25. The predicted octanol–water partition coefficient (Wildman–Crippen LogP) is 4.95. The molecular formula is C24H24N2O4. The normalized spacial score (nSPS) is 11.1. The second-order valence-corrected chi connectivity index (χ2v) is 7.17. The molecule has 0 radical (unpaired) electrons. The first-order valence-electron chi connectivity index (χ1n) is 9.49. The number of aliphatic imine (C=N–C) groups is 1. The van der Waals surface area contributed by atoms with Gasteiger partial charge in [0.25, 0.3) is 0 Å². The molecule has 1 N–H and O–H groups in total. The molecule has 0 amide bonds. The topological polar surface area (TPSA) is 80.9 Å². The fourth-order valence-corrected chi connectivity index (χ4v) is 3.57. The van der Waals surface area contributed by atoms with Gasteiger partial charge in [0, 0.05) is 28.9 Å². The zero-order valence-electron chi connectivity index (χ0n) is 17.7. The maximum atomic E-state index is 11.8. The van der Waals surface area contributed by atoms with E-state index in [4.69, 9.17) is 4.74 Å². The van der Waals surface area contributed by atoms with Crippen LogP contribution in [0.3, 0.4) is 0 Å². The van der Waals surface area contributed by atoms with Crippen molar-refractivity contribution in [2.24, 2.45) is 4.99 Å². The molecule has 1 heterocycles. The Kier molecular flexibility index (Phi) is 5.87. The number of ether oxygens (including phenoxy) is 1. The average molecular weight is 404 g/mol. The van der Waals surface area contributed by atoms with Crippen LogP contribution in [0, 0.1) is 27.7 Å². The van der Waals surface area contributed by atoms with Gasteiger partial charge in [0.05, 0.1) is 23.9 Å². The van der Waals surface area contributed by atoms with Crippen molar-refractivity contribution in [1.29, 1.82) is 0 Å². The fourth-order valence-electron chi connectivity index (χ4n) is 3.57. The SMILES string of the molecule is COC(=O)c1ccc(-n2c(C)cc(C=Nc3cccc(C(=O)O)c3C)c2C)c(C)c1. The summed E-state index contributed by atoms with van der Waals surface area (Å²) in [6.45, 7) is 7.72. The van der Waals surface area contributed by atoms with E-state index >= 15 is 0 Å². The number of aryl methyl sites for hydroxylation is 2. The number of hydrogen-bond acceptors (Lipinski definition) is 4. The Balaban J connectivity index is 2.00. The Bertz CT molecular complexity index is 1170. The van der Waals surface area contributed by atoms with Crippen LogP contribution in [0.15, 0.2) is 47.5 Å². The number of aromatic carboxylic acids is 1. The van der Waals surface area contributed by atoms with Gasteiger partial charge in [-0.05, 0) is 75.2 Å². The summed E-state index contributed by atoms with van der Waals surface area (Å²) in [4.78, 5) is 27.7. The number of carbonyl (C=O) groups is 2. The Morgan fingerprint density at radius 3 is 2.43 bits per heavy atom. The molecular weight excluding hydrogens is 380 g/mol. The number of carboxylic acids is 1. The Morgan fingerprint density at radius 2 is 1.80 bits per heavy atom. The van der Waals surface area contributed by atoms with E-state index < -0.39 is 5.97 Å². The minimum Gasteiger partial charge on any atom is -0.478 e. The minimum absolute atomic E-state index is 0.247. The first kappa shape index (κ1) is 21.0. The second-order valence-electron chi connectivity index (χ2n) is 7.17. The fraction of sp³-hybridized carbons (Fsp3) is 0.208. The third-order valence-electron chi connectivity index (χ3n) is 5.21. The van der Waals surface area contributed by atoms with E-state index in [9.17, 15) is 14.7 Å². The van der Waals surface area contributed by atoms with Crippen molar-refractivity contribution >= 4 is 23.8 Å². The summed E-state index contributed by atoms with van der Waals surface area (Å²) < 4.78 is 6.90. The summed E-state index contributed by atoms with van der Waals surface area (Å²) in [5, 5.41) is 9.30. The minimum atomic E-state index is -0.964. The van der Waals surface area contributed by atoms with Crippen LogP contribution in [-0.4, -0.2) is 34.9 Å². The number of nitrogens with zero attached hydrogens (tertiary/aromatic N) is 2. The van der Waals surface area contributed by atoms with Crippen LogP contribution in [0.5, 0.6) is 0 Å². The largest absolute Gasteiger partial charge is 0.478 e. The quantitative estimate of drug-likeness (QED) is 0.482. The van der Waals surface area contributed by atoms with E-state index in [0.29, 0.717) is 16.8 Å². The maximum Gasteiger partial charge on any atom is 0.337 e. The average Bonchev–Trinajstić information content (AvgIpc) is 2.99. The van der Waals surface area contributed by atoms with Gasteiger partial charge in [-0.25, -0.2) is 9.59 Å². The van der Waals surface area contributed by atoms with Gasteiger partial charge in [-0.3, -0.25) is 4.99 Å². The van der Waals surface area contributed by atoms with Gasteiger partial charge in [-0.1, -0.05) is 6.07 Å². The van der Waals surface area contributed by atoms with Gasteiger partial charge in [-0.2, -0.15) is 0 Å². The Hall–Kier alpha value is -3.67. The molecule has 30 heavy (non-hydrogen) atoms. The van der Waals surface area contributed by atoms with Crippen molar-refractivity contribution in [3.63, 3.8) is 0 Å². The van der Waals surface area contributed by atoms with E-state index in [2.05, 4.69) is 9.56 Å². The smallest absolute Gasteiger partial charge is 0.337 e. The summed E-state index contributed by atoms with van der Waals surface area (Å²) in [7, 11) is 1.37. The molecule has 0 aliphatic heterocycles. The number of aromatic nitrogens is 1. The lowest BCUT2D eigenvalue weighted by molar-refractivity contribution is 0.0599. The Morgan fingerprint density at radius 1 is 1.07 bits per heavy atom. The lowest BCUT2D eigenvalue weighted by atomic mass is 10.1. The molecule has 0 fully saturated rings. The highest BCUT2D eigenvalue weighted by atomic mass is 16.5. The third-order valence-corrected chi connectivity index (χ3v) is 5.21. The summed E-state index contributed by atoms with van der Waals surface area (Å²) in [6.07, 6.45) is 1.75. The van der Waals surface area contributed by atoms with Crippen molar-refractivity contribution in [1.82, 2.24) is 4.57 Å². The van der Waals surface area contributed by atoms with Gasteiger partial charge in [0.15, 0.2) is 0 Å². The van der Waals surface area contributed by atoms with E-state index in [1.807, 2.05) is 39.0 Å². The number of hydrogen-bond donors (Lipinski definition) is 1. The van der Waals surface area contributed by atoms with Crippen LogP contribution in [0.2, 0.25) is 0 Å². The molecule has 0 atom stereocenters. The highest BCUT2D eigenvalue weighted by Gasteiger charge is 2.14. The number of esters is 1. The molecule has 1 aromatic heterocycles. The van der Waals surface area contributed by atoms with Crippen LogP contribution >= 0.6 is 0 Å². The van der Waals surface area contributed by atoms with Crippen LogP contribution in [-0.2, 0) is 4.74 Å². The molecule has 0 saturated carbocycles. The molecule has 0 unspecified atom stereocenters. The number of methoxy groups -OCH3 is 1. The van der Waals surface area contributed by atoms with Gasteiger partial charge < -0.3 is 14.4 Å². The molecule has 6 heteroatoms. The van der Waals surface area contributed by atoms with Gasteiger partial charge in [0.2, 0.25) is 0 Å².